The highest BCUT2D eigenvalue weighted by molar-refractivity contribution is 9.10. The topological polar surface area (TPSA) is 81.0 Å². The number of hydrogen-bond acceptors (Lipinski definition) is 5. The number of amides is 1. The molecule has 3 aromatic carbocycles. The Balaban J connectivity index is 1.65. The van der Waals surface area contributed by atoms with Crippen LogP contribution in [-0.4, -0.2) is 38.7 Å². The van der Waals surface area contributed by atoms with Gasteiger partial charge in [0.25, 0.3) is 15.9 Å². The van der Waals surface area contributed by atoms with Crippen molar-refractivity contribution in [1.82, 2.24) is 4.57 Å². The summed E-state index contributed by atoms with van der Waals surface area (Å²) in [5.41, 5.74) is 1.87. The zero-order valence-electron chi connectivity index (χ0n) is 19.9. The number of benzene rings is 3. The number of rotatable bonds is 9. The van der Waals surface area contributed by atoms with Gasteiger partial charge in [0.15, 0.2) is 4.80 Å². The average molecular weight is 589 g/mol. The van der Waals surface area contributed by atoms with Gasteiger partial charge in [-0.05, 0) is 68.4 Å². The van der Waals surface area contributed by atoms with Crippen LogP contribution in [0, 0.1) is 0 Å². The first-order chi connectivity index (χ1) is 17.3. The number of hydrogen-bond donors (Lipinski definition) is 0. The van der Waals surface area contributed by atoms with E-state index in [9.17, 15) is 13.2 Å². The number of aromatic nitrogens is 1. The monoisotopic (exact) mass is 587 g/mol. The van der Waals surface area contributed by atoms with Gasteiger partial charge in [-0.15, -0.1) is 0 Å². The Morgan fingerprint density at radius 2 is 1.78 bits per heavy atom. The molecule has 188 valence electrons. The summed E-state index contributed by atoms with van der Waals surface area (Å²) in [4.78, 5) is 18.1. The van der Waals surface area contributed by atoms with Gasteiger partial charge >= 0.3 is 0 Å². The van der Waals surface area contributed by atoms with Crippen LogP contribution >= 0.6 is 27.3 Å². The Morgan fingerprint density at radius 1 is 1.06 bits per heavy atom. The highest BCUT2D eigenvalue weighted by Gasteiger charge is 2.23. The van der Waals surface area contributed by atoms with Crippen molar-refractivity contribution in [3.63, 3.8) is 0 Å². The molecule has 0 radical (unpaired) electrons. The van der Waals surface area contributed by atoms with E-state index in [-0.39, 0.29) is 11.4 Å². The van der Waals surface area contributed by atoms with Crippen molar-refractivity contribution < 1.29 is 17.9 Å². The number of fused-ring (bicyclic) bond motifs is 1. The molecule has 0 atom stereocenters. The van der Waals surface area contributed by atoms with Crippen molar-refractivity contribution in [2.24, 2.45) is 4.99 Å². The first-order valence-corrected chi connectivity index (χ1v) is 14.5. The van der Waals surface area contributed by atoms with Gasteiger partial charge in [-0.3, -0.25) is 9.10 Å². The van der Waals surface area contributed by atoms with Crippen molar-refractivity contribution in [1.29, 1.82) is 0 Å². The molecule has 36 heavy (non-hydrogen) atoms. The number of sulfonamides is 1. The van der Waals surface area contributed by atoms with E-state index in [1.165, 1.54) is 39.9 Å². The minimum atomic E-state index is -3.78. The normalized spacial score (nSPS) is 12.2. The smallest absolute Gasteiger partial charge is 0.279 e. The van der Waals surface area contributed by atoms with E-state index in [1.54, 1.807) is 31.2 Å². The van der Waals surface area contributed by atoms with E-state index < -0.39 is 15.9 Å². The molecular formula is C26H26BrN3O4S2. The molecule has 0 saturated heterocycles. The molecule has 0 saturated carbocycles. The third-order valence-electron chi connectivity index (χ3n) is 5.53. The summed E-state index contributed by atoms with van der Waals surface area (Å²) in [6.45, 7) is 5.67. The van der Waals surface area contributed by atoms with Crippen molar-refractivity contribution in [2.45, 2.75) is 25.3 Å². The summed E-state index contributed by atoms with van der Waals surface area (Å²) >= 11 is 4.91. The van der Waals surface area contributed by atoms with Crippen LogP contribution in [0.3, 0.4) is 0 Å². The van der Waals surface area contributed by atoms with Crippen LogP contribution in [0.2, 0.25) is 0 Å². The van der Waals surface area contributed by atoms with Crippen LogP contribution in [-0.2, 0) is 21.3 Å². The molecule has 4 rings (SSSR count). The van der Waals surface area contributed by atoms with Crippen molar-refractivity contribution in [3.05, 3.63) is 87.6 Å². The molecule has 0 aliphatic carbocycles. The Hall–Kier alpha value is -2.79. The van der Waals surface area contributed by atoms with Crippen LogP contribution in [0.5, 0.6) is 0 Å². The molecule has 1 amide bonds. The lowest BCUT2D eigenvalue weighted by Gasteiger charge is -2.22. The maximum atomic E-state index is 13.2. The number of carbonyl (C=O) groups is 1. The maximum absolute atomic E-state index is 13.2. The average Bonchev–Trinajstić information content (AvgIpc) is 3.21. The fourth-order valence-corrected chi connectivity index (χ4v) is 6.86. The van der Waals surface area contributed by atoms with Gasteiger partial charge in [0, 0.05) is 29.7 Å². The second-order valence-electron chi connectivity index (χ2n) is 7.79. The van der Waals surface area contributed by atoms with Crippen LogP contribution in [0.25, 0.3) is 10.2 Å². The SMILES string of the molecule is CCOCCn1c(=NC(=O)c2ccc(S(=O)(=O)N(CC)c3ccccc3)cc2)sc2cc(Br)ccc21. The van der Waals surface area contributed by atoms with Crippen LogP contribution < -0.4 is 9.11 Å². The summed E-state index contributed by atoms with van der Waals surface area (Å²) in [5, 5.41) is 0. The van der Waals surface area contributed by atoms with Crippen LogP contribution in [0.1, 0.15) is 24.2 Å². The summed E-state index contributed by atoms with van der Waals surface area (Å²) in [6.07, 6.45) is 0. The summed E-state index contributed by atoms with van der Waals surface area (Å²) in [6, 6.07) is 20.8. The molecule has 7 nitrogen and oxygen atoms in total. The molecule has 0 N–H and O–H groups in total. The molecule has 4 aromatic rings. The Labute approximate surface area is 222 Å². The van der Waals surface area contributed by atoms with Gasteiger partial charge in [-0.1, -0.05) is 45.5 Å². The molecule has 0 fully saturated rings. The molecule has 1 heterocycles. The number of para-hydroxylation sites is 1. The number of ether oxygens (including phenoxy) is 1. The van der Waals surface area contributed by atoms with Gasteiger partial charge in [0.1, 0.15) is 0 Å². The first-order valence-electron chi connectivity index (χ1n) is 11.5. The van der Waals surface area contributed by atoms with E-state index >= 15 is 0 Å². The van der Waals surface area contributed by atoms with E-state index in [0.29, 0.717) is 35.8 Å². The van der Waals surface area contributed by atoms with E-state index in [0.717, 1.165) is 14.7 Å². The molecule has 1 aromatic heterocycles. The zero-order chi connectivity index (χ0) is 25.7. The van der Waals surface area contributed by atoms with Crippen LogP contribution in [0.4, 0.5) is 5.69 Å². The van der Waals surface area contributed by atoms with E-state index in [1.807, 2.05) is 35.8 Å². The lowest BCUT2D eigenvalue weighted by Crippen LogP contribution is -2.30. The van der Waals surface area contributed by atoms with Gasteiger partial charge in [-0.25, -0.2) is 8.42 Å². The summed E-state index contributed by atoms with van der Waals surface area (Å²) in [7, 11) is -3.78. The van der Waals surface area contributed by atoms with Crippen molar-refractivity contribution in [3.8, 4) is 0 Å². The molecule has 0 aliphatic rings. The first kappa shape index (κ1) is 26.3. The third kappa shape index (κ3) is 5.62. The summed E-state index contributed by atoms with van der Waals surface area (Å²) < 4.78 is 37.2. The quantitative estimate of drug-likeness (QED) is 0.243. The lowest BCUT2D eigenvalue weighted by molar-refractivity contribution is 0.0996. The van der Waals surface area contributed by atoms with Gasteiger partial charge in [0.05, 0.1) is 27.4 Å². The van der Waals surface area contributed by atoms with Crippen LogP contribution in [0.15, 0.2) is 87.2 Å². The van der Waals surface area contributed by atoms with E-state index in [2.05, 4.69) is 20.9 Å². The van der Waals surface area contributed by atoms with Gasteiger partial charge in [0.2, 0.25) is 0 Å². The minimum absolute atomic E-state index is 0.114. The number of nitrogens with zero attached hydrogens (tertiary/aromatic N) is 3. The highest BCUT2D eigenvalue weighted by Crippen LogP contribution is 2.24. The Kier molecular flexibility index (Phi) is 8.40. The molecule has 0 aliphatic heterocycles. The second kappa shape index (κ2) is 11.5. The third-order valence-corrected chi connectivity index (χ3v) is 8.98. The standard InChI is InChI=1S/C26H26BrN3O4S2/c1-3-30(21-8-6-5-7-9-21)36(32,33)22-13-10-19(11-14-22)25(31)28-26-29(16-17-34-4-2)23-15-12-20(27)18-24(23)35-26/h5-15,18H,3-4,16-17H2,1-2H3. The molecule has 0 unspecified atom stereocenters. The number of anilines is 1. The highest BCUT2D eigenvalue weighted by atomic mass is 79.9. The predicted molar refractivity (Wildman–Crippen MR) is 147 cm³/mol. The maximum Gasteiger partial charge on any atom is 0.279 e. The fourth-order valence-electron chi connectivity index (χ4n) is 3.78. The van der Waals surface area contributed by atoms with Crippen molar-refractivity contribution >= 4 is 59.1 Å². The van der Waals surface area contributed by atoms with Gasteiger partial charge < -0.3 is 9.30 Å². The molecule has 0 bridgehead atoms. The molecular weight excluding hydrogens is 562 g/mol. The fraction of sp³-hybridized carbons (Fsp3) is 0.231. The number of carbonyl (C=O) groups excluding carboxylic acids is 1. The predicted octanol–water partition coefficient (Wildman–Crippen LogP) is 5.46. The van der Waals surface area contributed by atoms with Gasteiger partial charge in [-0.2, -0.15) is 4.99 Å². The number of thiazole rings is 1. The Morgan fingerprint density at radius 3 is 2.44 bits per heavy atom. The lowest BCUT2D eigenvalue weighted by atomic mass is 10.2. The Bertz CT molecular complexity index is 1530. The zero-order valence-corrected chi connectivity index (χ0v) is 23.1. The minimum Gasteiger partial charge on any atom is -0.380 e. The second-order valence-corrected chi connectivity index (χ2v) is 11.6. The van der Waals surface area contributed by atoms with Crippen molar-refractivity contribution in [2.75, 3.05) is 24.1 Å². The summed E-state index contributed by atoms with van der Waals surface area (Å²) in [5.74, 6) is -0.440. The van der Waals surface area contributed by atoms with E-state index in [4.69, 9.17) is 4.74 Å². The largest absolute Gasteiger partial charge is 0.380 e. The molecule has 0 spiro atoms. The molecule has 10 heteroatoms. The number of halogens is 1.